The van der Waals surface area contributed by atoms with Crippen LogP contribution in [0.5, 0.6) is 0 Å². The van der Waals surface area contributed by atoms with Crippen LogP contribution < -0.4 is 113 Å². The Kier molecular flexibility index (Phi) is 24.0. The van der Waals surface area contributed by atoms with Crippen LogP contribution in [0.15, 0.2) is 5.11 Å². The van der Waals surface area contributed by atoms with Crippen molar-refractivity contribution in [1.29, 1.82) is 0 Å². The number of carboxylic acid groups (broad SMARTS) is 1. The Labute approximate surface area is 142 Å². The second kappa shape index (κ2) is 13.5. The molecule has 10 heavy (non-hydrogen) atoms. The molecule has 0 saturated heterocycles. The van der Waals surface area contributed by atoms with Crippen LogP contribution in [0, 0.1) is 0 Å². The molecule has 0 radical (unpaired) electrons. The Morgan fingerprint density at radius 3 is 2.40 bits per heavy atom. The molecule has 0 unspecified atom stereocenters. The molecular weight excluding hydrogens is 194 g/mol. The first-order chi connectivity index (χ1) is 3.77. The van der Waals surface area contributed by atoms with Crippen LogP contribution in [-0.4, -0.2) is 17.3 Å². The van der Waals surface area contributed by atoms with Crippen LogP contribution in [0.3, 0.4) is 0 Å². The predicted molar refractivity (Wildman–Crippen MR) is 15.2 cm³/mol. The molecule has 8 heteroatoms. The summed E-state index contributed by atoms with van der Waals surface area (Å²) in [6.07, 6.45) is -1.39. The Balaban J connectivity index is -0.000000245. The van der Waals surface area contributed by atoms with Gasteiger partial charge in [-0.1, -0.05) is 0 Å². The van der Waals surface area contributed by atoms with E-state index in [4.69, 9.17) is 5.26 Å². The van der Waals surface area contributed by atoms with E-state index in [2.05, 4.69) is 14.8 Å². The maximum absolute atomic E-state index is 9.32. The summed E-state index contributed by atoms with van der Waals surface area (Å²) in [4.78, 5) is 14.9. The molecule has 0 rings (SSSR count). The second-order valence-electron chi connectivity index (χ2n) is 0.683. The van der Waals surface area contributed by atoms with Gasteiger partial charge in [-0.15, -0.1) is 0 Å². The molecule has 1 amide bonds. The van der Waals surface area contributed by atoms with E-state index in [0.717, 1.165) is 0 Å². The van der Waals surface area contributed by atoms with Gasteiger partial charge in [-0.25, -0.2) is 0 Å². The van der Waals surface area contributed by atoms with E-state index in [1.165, 1.54) is 0 Å². The van der Waals surface area contributed by atoms with E-state index in [0.29, 0.717) is 6.40 Å². The molecule has 0 fully saturated rings. The minimum atomic E-state index is -1.72. The van der Waals surface area contributed by atoms with Crippen LogP contribution in [0.1, 0.15) is 0 Å². The van der Waals surface area contributed by atoms with Crippen molar-refractivity contribution in [2.45, 2.75) is 0 Å². The number of hydrogen-bond acceptors (Lipinski definition) is 4. The summed E-state index contributed by atoms with van der Waals surface area (Å²) in [5, 5.41) is 20.7. The first-order valence-electron chi connectivity index (χ1n) is 1.49. The molecule has 0 heterocycles. The van der Waals surface area contributed by atoms with E-state index in [1.54, 1.807) is 0 Å². The number of amides is 1. The van der Waals surface area contributed by atoms with Gasteiger partial charge >= 0.3 is 109 Å². The molecule has 0 saturated carbocycles. The topological polar surface area (TPSA) is 98.9 Å². The van der Waals surface area contributed by atoms with Crippen molar-refractivity contribution in [2.75, 3.05) is 0 Å². The molecule has 0 aliphatic carbocycles. The molecule has 0 bridgehead atoms. The number of carbonyl (C=O) groups is 1. The van der Waals surface area contributed by atoms with E-state index < -0.39 is 6.09 Å². The molecule has 6 nitrogen and oxygen atoms in total. The summed E-state index contributed by atoms with van der Waals surface area (Å²) in [7, 11) is 0. The van der Waals surface area contributed by atoms with E-state index >= 15 is 0 Å². The molecule has 0 spiro atoms. The van der Waals surface area contributed by atoms with Crippen LogP contribution in [0.25, 0.3) is 0 Å². The fraction of sp³-hybridized carbons (Fsp3) is 0. The van der Waals surface area contributed by atoms with Gasteiger partial charge in [0.25, 0.3) is 6.09 Å². The SMILES string of the molecule is O=C([O-])N=[N+]=CO[O-].[K+].[K+]. The van der Waals surface area contributed by atoms with Crippen molar-refractivity contribution >= 4 is 12.5 Å². The first kappa shape index (κ1) is 17.8. The first-order valence-corrected chi connectivity index (χ1v) is 1.49. The normalized spacial score (nSPS) is 5.30. The number of rotatable bonds is 1. The third-order valence-electron chi connectivity index (χ3n) is 0.230. The Morgan fingerprint density at radius 1 is 1.60 bits per heavy atom. The van der Waals surface area contributed by atoms with Crippen molar-refractivity contribution in [3.8, 4) is 0 Å². The van der Waals surface area contributed by atoms with Gasteiger partial charge in [-0.05, 0) is 0 Å². The molecule has 0 aromatic heterocycles. The van der Waals surface area contributed by atoms with Crippen LogP contribution >= 0.6 is 0 Å². The number of carbonyl (C=O) groups excluding carboxylic acids is 1. The second-order valence-corrected chi connectivity index (χ2v) is 0.683. The standard InChI is InChI=1S/C2H2N2O4.2K/c5-2(6)4-3-1-8-7;;/h1H,(H-,5,6,7);;/q;2*+1/p-1. The van der Waals surface area contributed by atoms with Crippen LogP contribution in [0.4, 0.5) is 4.79 Å². The average molecular weight is 195 g/mol. The molecule has 0 aromatic carbocycles. The van der Waals surface area contributed by atoms with Crippen molar-refractivity contribution in [1.82, 2.24) is 0 Å². The van der Waals surface area contributed by atoms with Crippen molar-refractivity contribution in [3.05, 3.63) is 0 Å². The molecular formula is C2HK2N2O4+. The minimum absolute atomic E-state index is 0. The summed E-state index contributed by atoms with van der Waals surface area (Å²) in [5.41, 5.74) is 0. The third-order valence-corrected chi connectivity index (χ3v) is 0.230. The monoisotopic (exact) mass is 195 g/mol. The molecule has 0 aliphatic rings. The molecule has 0 N–H and O–H groups in total. The summed E-state index contributed by atoms with van der Waals surface area (Å²) in [5.74, 6) is 0. The Bertz CT molecular complexity index is 142. The van der Waals surface area contributed by atoms with Crippen LogP contribution in [0.2, 0.25) is 0 Å². The molecule has 0 atom stereocenters. The van der Waals surface area contributed by atoms with Gasteiger partial charge in [-0.3, -0.25) is 0 Å². The third kappa shape index (κ3) is 16.5. The molecule has 0 aliphatic heterocycles. The zero-order valence-corrected chi connectivity index (χ0v) is 11.9. The van der Waals surface area contributed by atoms with Crippen molar-refractivity contribution in [2.24, 2.45) is 5.11 Å². The summed E-state index contributed by atoms with van der Waals surface area (Å²) < 4.78 is 0. The fourth-order valence-electron chi connectivity index (χ4n) is 0.0900. The van der Waals surface area contributed by atoms with E-state index in [-0.39, 0.29) is 103 Å². The maximum Gasteiger partial charge on any atom is 1.00 e. The van der Waals surface area contributed by atoms with E-state index in [9.17, 15) is 9.90 Å². The average Bonchev–Trinajstić information content (AvgIpc) is 1.66. The number of hydrogen-bond donors (Lipinski definition) is 0. The molecule has 0 aromatic rings. The van der Waals surface area contributed by atoms with Gasteiger partial charge in [0.1, 0.15) is 5.11 Å². The minimum Gasteiger partial charge on any atom is -0.659 e. The summed E-state index contributed by atoms with van der Waals surface area (Å²) in [6, 6.07) is 0. The van der Waals surface area contributed by atoms with E-state index in [1.807, 2.05) is 0 Å². The fourth-order valence-corrected chi connectivity index (χ4v) is 0.0900. The summed E-state index contributed by atoms with van der Waals surface area (Å²) >= 11 is 0. The summed E-state index contributed by atoms with van der Waals surface area (Å²) in [6.45, 7) is 0. The zero-order chi connectivity index (χ0) is 6.41. The quantitative estimate of drug-likeness (QED) is 0.0788. The zero-order valence-electron chi connectivity index (χ0n) is 5.60. The number of nitrogens with zero attached hydrogens (tertiary/aromatic N) is 2. The van der Waals surface area contributed by atoms with Crippen molar-refractivity contribution in [3.63, 3.8) is 0 Å². The van der Waals surface area contributed by atoms with Gasteiger partial charge in [-0.2, -0.15) is 0 Å². The van der Waals surface area contributed by atoms with Gasteiger partial charge in [0.2, 0.25) is 0 Å². The van der Waals surface area contributed by atoms with Gasteiger partial charge < -0.3 is 20.0 Å². The van der Waals surface area contributed by atoms with Crippen LogP contribution in [-0.2, 0) is 4.89 Å². The Hall–Kier alpha value is 1.88. The smallest absolute Gasteiger partial charge is 0.659 e. The van der Waals surface area contributed by atoms with Gasteiger partial charge in [0.05, 0.1) is 4.79 Å². The van der Waals surface area contributed by atoms with Gasteiger partial charge in [0.15, 0.2) is 0 Å². The Morgan fingerprint density at radius 2 is 2.10 bits per heavy atom. The molecule has 44 valence electrons. The predicted octanol–water partition coefficient (Wildman–Crippen LogP) is -8.68. The maximum atomic E-state index is 9.32. The van der Waals surface area contributed by atoms with Gasteiger partial charge in [0, 0.05) is 0 Å². The van der Waals surface area contributed by atoms with Crippen molar-refractivity contribution < 1.29 is 128 Å². The largest absolute Gasteiger partial charge is 1.00 e.